The lowest BCUT2D eigenvalue weighted by Gasteiger charge is -2.23. The molecule has 1 aromatic rings. The van der Waals surface area contributed by atoms with Crippen LogP contribution in [0, 0.1) is 5.41 Å². The number of benzene rings is 1. The summed E-state index contributed by atoms with van der Waals surface area (Å²) in [5, 5.41) is 18.2. The Balaban J connectivity index is 3.19. The van der Waals surface area contributed by atoms with Crippen molar-refractivity contribution in [1.82, 2.24) is 0 Å². The monoisotopic (exact) mass is 290 g/mol. The van der Waals surface area contributed by atoms with Crippen molar-refractivity contribution in [2.45, 2.75) is 25.9 Å². The zero-order chi connectivity index (χ0) is 15.6. The minimum Gasteiger partial charge on any atom is -0.480 e. The van der Waals surface area contributed by atoms with Gasteiger partial charge in [-0.15, -0.1) is 0 Å². The average Bonchev–Trinajstić information content (AvgIpc) is 2.34. The zero-order valence-electron chi connectivity index (χ0n) is 10.6. The van der Waals surface area contributed by atoms with Gasteiger partial charge in [0.05, 0.1) is 5.56 Å². The fourth-order valence-corrected chi connectivity index (χ4v) is 1.88. The lowest BCUT2D eigenvalue weighted by atomic mass is 9.79. The number of carbonyl (C=O) groups is 2. The third kappa shape index (κ3) is 3.09. The second-order valence-electron chi connectivity index (χ2n) is 4.42. The van der Waals surface area contributed by atoms with E-state index in [1.54, 1.807) is 0 Å². The SMILES string of the molecule is CCC(Cc1cccc(C(F)(F)F)c1)(C(=O)O)C(=O)O. The Hall–Kier alpha value is -2.05. The Kier molecular flexibility index (Phi) is 4.42. The number of halogens is 3. The Labute approximate surface area is 112 Å². The number of carboxylic acids is 2. The van der Waals surface area contributed by atoms with Gasteiger partial charge in [0.15, 0.2) is 5.41 Å². The maximum Gasteiger partial charge on any atom is 0.416 e. The van der Waals surface area contributed by atoms with Crippen LogP contribution in [-0.4, -0.2) is 22.2 Å². The summed E-state index contributed by atoms with van der Waals surface area (Å²) in [7, 11) is 0. The van der Waals surface area contributed by atoms with Crippen LogP contribution in [0.4, 0.5) is 13.2 Å². The number of carboxylic acid groups (broad SMARTS) is 2. The van der Waals surface area contributed by atoms with E-state index in [4.69, 9.17) is 10.2 Å². The van der Waals surface area contributed by atoms with Gasteiger partial charge in [-0.3, -0.25) is 9.59 Å². The van der Waals surface area contributed by atoms with Crippen molar-refractivity contribution >= 4 is 11.9 Å². The van der Waals surface area contributed by atoms with Gasteiger partial charge in [0, 0.05) is 0 Å². The van der Waals surface area contributed by atoms with Gasteiger partial charge in [-0.2, -0.15) is 13.2 Å². The zero-order valence-corrected chi connectivity index (χ0v) is 10.6. The molecule has 1 rings (SSSR count). The van der Waals surface area contributed by atoms with Crippen molar-refractivity contribution in [2.24, 2.45) is 5.41 Å². The average molecular weight is 290 g/mol. The second-order valence-corrected chi connectivity index (χ2v) is 4.42. The Morgan fingerprint density at radius 2 is 1.70 bits per heavy atom. The normalized spacial score (nSPS) is 12.2. The van der Waals surface area contributed by atoms with Crippen molar-refractivity contribution in [3.63, 3.8) is 0 Å². The van der Waals surface area contributed by atoms with Gasteiger partial charge >= 0.3 is 18.1 Å². The van der Waals surface area contributed by atoms with Crippen LogP contribution in [0.25, 0.3) is 0 Å². The van der Waals surface area contributed by atoms with E-state index < -0.39 is 35.5 Å². The van der Waals surface area contributed by atoms with Gasteiger partial charge in [0.25, 0.3) is 0 Å². The van der Waals surface area contributed by atoms with Crippen LogP contribution >= 0.6 is 0 Å². The minimum absolute atomic E-state index is 0.0199. The molecule has 0 bridgehead atoms. The van der Waals surface area contributed by atoms with Crippen LogP contribution < -0.4 is 0 Å². The highest BCUT2D eigenvalue weighted by Crippen LogP contribution is 2.33. The van der Waals surface area contributed by atoms with E-state index in [9.17, 15) is 22.8 Å². The third-order valence-electron chi connectivity index (χ3n) is 3.18. The highest BCUT2D eigenvalue weighted by atomic mass is 19.4. The largest absolute Gasteiger partial charge is 0.480 e. The molecule has 0 saturated carbocycles. The predicted octanol–water partition coefficient (Wildman–Crippen LogP) is 2.81. The molecule has 110 valence electrons. The van der Waals surface area contributed by atoms with Crippen molar-refractivity contribution in [3.05, 3.63) is 35.4 Å². The topological polar surface area (TPSA) is 74.6 Å². The summed E-state index contributed by atoms with van der Waals surface area (Å²) in [6.45, 7) is 1.37. The molecular weight excluding hydrogens is 277 g/mol. The van der Waals surface area contributed by atoms with E-state index in [0.29, 0.717) is 0 Å². The Morgan fingerprint density at radius 1 is 1.15 bits per heavy atom. The van der Waals surface area contributed by atoms with E-state index in [-0.39, 0.29) is 12.0 Å². The maximum atomic E-state index is 12.6. The standard InChI is InChI=1S/C13H13F3O4/c1-2-12(10(17)18,11(19)20)7-8-4-3-5-9(6-8)13(14,15)16/h3-6H,2,7H2,1H3,(H,17,18)(H,19,20). The molecule has 0 aliphatic heterocycles. The number of aliphatic carboxylic acids is 2. The molecule has 7 heteroatoms. The van der Waals surface area contributed by atoms with E-state index >= 15 is 0 Å². The van der Waals surface area contributed by atoms with E-state index in [0.717, 1.165) is 18.2 Å². The lowest BCUT2D eigenvalue weighted by molar-refractivity contribution is -0.164. The number of hydrogen-bond donors (Lipinski definition) is 2. The molecule has 0 saturated heterocycles. The molecule has 0 amide bonds. The number of alkyl halides is 3. The summed E-state index contributed by atoms with van der Waals surface area (Å²) in [6.07, 6.45) is -5.29. The summed E-state index contributed by atoms with van der Waals surface area (Å²) in [5.74, 6) is -3.13. The molecule has 0 radical (unpaired) electrons. The molecule has 2 N–H and O–H groups in total. The van der Waals surface area contributed by atoms with E-state index in [2.05, 4.69) is 0 Å². The summed E-state index contributed by atoms with van der Waals surface area (Å²) in [4.78, 5) is 22.4. The number of rotatable bonds is 5. The highest BCUT2D eigenvalue weighted by molar-refractivity contribution is 5.98. The molecule has 4 nitrogen and oxygen atoms in total. The van der Waals surface area contributed by atoms with Crippen LogP contribution in [0.15, 0.2) is 24.3 Å². The minimum atomic E-state index is -4.56. The summed E-state index contributed by atoms with van der Waals surface area (Å²) in [5.41, 5.74) is -3.04. The molecule has 0 heterocycles. The maximum absolute atomic E-state index is 12.6. The molecule has 0 aliphatic carbocycles. The van der Waals surface area contributed by atoms with Gasteiger partial charge < -0.3 is 10.2 Å². The highest BCUT2D eigenvalue weighted by Gasteiger charge is 2.45. The lowest BCUT2D eigenvalue weighted by Crippen LogP contribution is -2.40. The molecule has 0 unspecified atom stereocenters. The van der Waals surface area contributed by atoms with Crippen molar-refractivity contribution in [2.75, 3.05) is 0 Å². The van der Waals surface area contributed by atoms with Gasteiger partial charge in [0.1, 0.15) is 0 Å². The van der Waals surface area contributed by atoms with Crippen molar-refractivity contribution < 1.29 is 33.0 Å². The first-order chi connectivity index (χ1) is 9.13. The second kappa shape index (κ2) is 5.52. The van der Waals surface area contributed by atoms with Gasteiger partial charge in [-0.25, -0.2) is 0 Å². The first-order valence-corrected chi connectivity index (χ1v) is 5.76. The molecular formula is C13H13F3O4. The van der Waals surface area contributed by atoms with Crippen LogP contribution in [-0.2, 0) is 22.2 Å². The van der Waals surface area contributed by atoms with Crippen LogP contribution in [0.1, 0.15) is 24.5 Å². The predicted molar refractivity (Wildman–Crippen MR) is 63.1 cm³/mol. The molecule has 1 aromatic carbocycles. The smallest absolute Gasteiger partial charge is 0.416 e. The van der Waals surface area contributed by atoms with Crippen LogP contribution in [0.2, 0.25) is 0 Å². The molecule has 0 fully saturated rings. The van der Waals surface area contributed by atoms with Crippen LogP contribution in [0.5, 0.6) is 0 Å². The van der Waals surface area contributed by atoms with Gasteiger partial charge in [-0.05, 0) is 24.5 Å². The van der Waals surface area contributed by atoms with E-state index in [1.165, 1.54) is 13.0 Å². The molecule has 0 aliphatic rings. The molecule has 0 atom stereocenters. The summed E-state index contributed by atoms with van der Waals surface area (Å²) < 4.78 is 37.7. The fourth-order valence-electron chi connectivity index (χ4n) is 1.88. The van der Waals surface area contributed by atoms with Gasteiger partial charge in [-0.1, -0.05) is 25.1 Å². The molecule has 0 aromatic heterocycles. The van der Waals surface area contributed by atoms with Gasteiger partial charge in [0.2, 0.25) is 0 Å². The molecule has 0 spiro atoms. The molecule has 20 heavy (non-hydrogen) atoms. The quantitative estimate of drug-likeness (QED) is 0.818. The fraction of sp³-hybridized carbons (Fsp3) is 0.385. The third-order valence-corrected chi connectivity index (χ3v) is 3.18. The first-order valence-electron chi connectivity index (χ1n) is 5.76. The first kappa shape index (κ1) is 16.0. The van der Waals surface area contributed by atoms with Crippen molar-refractivity contribution in [3.8, 4) is 0 Å². The summed E-state index contributed by atoms with van der Waals surface area (Å²) >= 11 is 0. The Morgan fingerprint density at radius 3 is 2.10 bits per heavy atom. The Bertz CT molecular complexity index is 509. The van der Waals surface area contributed by atoms with E-state index in [1.807, 2.05) is 0 Å². The van der Waals surface area contributed by atoms with Crippen LogP contribution in [0.3, 0.4) is 0 Å². The number of hydrogen-bond acceptors (Lipinski definition) is 2. The van der Waals surface area contributed by atoms with Crippen molar-refractivity contribution in [1.29, 1.82) is 0 Å². The summed E-state index contributed by atoms with van der Waals surface area (Å²) in [6, 6.07) is 4.03.